The molecule has 6 aliphatic carbocycles. The number of ketones is 1. The summed E-state index contributed by atoms with van der Waals surface area (Å²) in [5, 5.41) is 22.0. The third kappa shape index (κ3) is 7.44. The normalized spacial score (nSPS) is 36.5. The lowest BCUT2D eigenvalue weighted by Crippen LogP contribution is -2.77. The van der Waals surface area contributed by atoms with Gasteiger partial charge in [-0.3, -0.25) is 24.0 Å². The second-order valence-electron chi connectivity index (χ2n) is 23.6. The summed E-state index contributed by atoms with van der Waals surface area (Å²) in [6, 6.07) is 0.443. The number of aliphatic carboxylic acids is 1. The summed E-state index contributed by atoms with van der Waals surface area (Å²) in [6.07, 6.45) is 0.0371. The molecule has 68 heavy (non-hydrogen) atoms. The number of amides is 2. The van der Waals surface area contributed by atoms with Gasteiger partial charge in [0, 0.05) is 38.1 Å². The average molecular weight is 958 g/mol. The van der Waals surface area contributed by atoms with Crippen LogP contribution in [0, 0.1) is 62.6 Å². The van der Waals surface area contributed by atoms with E-state index in [2.05, 4.69) is 55.7 Å². The number of aromatic nitrogens is 2. The predicted octanol–water partition coefficient (Wildman–Crippen LogP) is 7.11. The van der Waals surface area contributed by atoms with Gasteiger partial charge in [0.2, 0.25) is 5.91 Å². The molecule has 0 aromatic carbocycles. The first kappa shape index (κ1) is 50.1. The molecule has 1 aromatic rings. The van der Waals surface area contributed by atoms with Gasteiger partial charge in [0.25, 0.3) is 5.91 Å². The lowest BCUT2D eigenvalue weighted by atomic mass is 9.33. The Morgan fingerprint density at radius 1 is 0.882 bits per heavy atom. The van der Waals surface area contributed by atoms with Gasteiger partial charge in [-0.25, -0.2) is 4.79 Å². The second-order valence-corrected chi connectivity index (χ2v) is 23.6. The second kappa shape index (κ2) is 16.6. The number of carbonyl (C=O) groups excluding carboxylic acids is 5. The maximum atomic E-state index is 14.8. The minimum absolute atomic E-state index is 0.0266. The van der Waals surface area contributed by atoms with Crippen LogP contribution < -0.4 is 16.0 Å². The highest BCUT2D eigenvalue weighted by Gasteiger charge is 2.71. The van der Waals surface area contributed by atoms with Crippen LogP contribution in [0.4, 0.5) is 18.0 Å². The summed E-state index contributed by atoms with van der Waals surface area (Å²) < 4.78 is 58.1. The van der Waals surface area contributed by atoms with Crippen LogP contribution in [-0.4, -0.2) is 101 Å². The van der Waals surface area contributed by atoms with E-state index >= 15 is 0 Å². The number of carboxylic acids is 1. The number of hydrogen-bond acceptors (Lipinski definition) is 11. The summed E-state index contributed by atoms with van der Waals surface area (Å²) in [7, 11) is 1.35. The van der Waals surface area contributed by atoms with Crippen LogP contribution in [0.2, 0.25) is 0 Å². The fraction of sp³-hybridized carbons (Fsp3) is 0.780. The van der Waals surface area contributed by atoms with Crippen molar-refractivity contribution in [2.24, 2.45) is 62.6 Å². The first-order valence-corrected chi connectivity index (χ1v) is 24.4. The number of carbonyl (C=O) groups is 6. The van der Waals surface area contributed by atoms with Crippen LogP contribution in [0.3, 0.4) is 0 Å². The van der Waals surface area contributed by atoms with Crippen molar-refractivity contribution in [3.8, 4) is 0 Å². The maximum absolute atomic E-state index is 14.8. The van der Waals surface area contributed by atoms with E-state index in [1.165, 1.54) is 7.11 Å². The number of allylic oxidation sites excluding steroid dienone is 1. The molecule has 1 saturated heterocycles. The standard InChI is InChI=1S/C50H70F3N5O10/c1-26(2)36-31(59)23-48(56-41(64)49(24-54-25-49)55-38(60)30-22-34(50(51,52)53)57-58(30)42(65)67-20-19-66-10)18-17-46(8)27(37(36)48)11-12-33-45(7)15-14-35(44(5,6)32(45)13-16-47(33,46)9)68-40(63)29-21-28(39(61)62)43(29,3)4/h22,26-29,32-33,35,54H,11-21,23-25H2,1-10H3,(H,55,60)(H,56,64)(H,61,62)/t27-,28+,29-,32+,33-,35+,45+,46-,47-,48-/m1/s1. The number of alkyl halides is 3. The maximum Gasteiger partial charge on any atom is 0.435 e. The van der Waals surface area contributed by atoms with Crippen LogP contribution in [0.1, 0.15) is 143 Å². The van der Waals surface area contributed by atoms with Gasteiger partial charge in [-0.15, -0.1) is 0 Å². The van der Waals surface area contributed by atoms with Crippen molar-refractivity contribution in [2.75, 3.05) is 33.4 Å². The third-order valence-electron chi connectivity index (χ3n) is 19.4. The summed E-state index contributed by atoms with van der Waals surface area (Å²) >= 11 is 0. The first-order valence-electron chi connectivity index (χ1n) is 24.4. The Kier molecular flexibility index (Phi) is 12.3. The van der Waals surface area contributed by atoms with E-state index in [-0.39, 0.29) is 101 Å². The SMILES string of the molecule is COCCOC(=O)n1nc(C(F)(F)F)cc1C(=O)NC1(C(=O)N[C@@]23CC[C@]4(C)[C@H](CC[C@@H]5[C@@]6(C)CC[C@H](OC(=O)[C@H]7C[C@@H](C(=O)O)C7(C)C)C(C)(C)[C@@H]6CC[C@]54C)C2=C(C(C)C)C(=O)C3)CNC1. The van der Waals surface area contributed by atoms with Gasteiger partial charge in [-0.05, 0) is 114 Å². The third-order valence-corrected chi connectivity index (χ3v) is 19.4. The van der Waals surface area contributed by atoms with E-state index in [9.17, 15) is 47.0 Å². The molecule has 376 valence electrons. The van der Waals surface area contributed by atoms with Crippen molar-refractivity contribution in [3.63, 3.8) is 0 Å². The topological polar surface area (TPSA) is 204 Å². The molecule has 0 spiro atoms. The zero-order valence-electron chi connectivity index (χ0n) is 41.2. The minimum atomic E-state index is -4.99. The Balaban J connectivity index is 1.04. The van der Waals surface area contributed by atoms with E-state index in [0.717, 1.165) is 43.3 Å². The monoisotopic (exact) mass is 958 g/mol. The Hall–Kier alpha value is -4.32. The fourth-order valence-electron chi connectivity index (χ4n) is 15.3. The number of ether oxygens (including phenoxy) is 3. The smallest absolute Gasteiger partial charge is 0.435 e. The predicted molar refractivity (Wildman–Crippen MR) is 240 cm³/mol. The Morgan fingerprint density at radius 2 is 1.57 bits per heavy atom. The number of nitrogens with one attached hydrogen (secondary N) is 3. The van der Waals surface area contributed by atoms with Crippen molar-refractivity contribution in [2.45, 2.75) is 150 Å². The number of Topliss-reactive ketones (excluding diaryl/α,β-unsaturated/α-hetero) is 1. The average Bonchev–Trinajstić information content (AvgIpc) is 3.80. The molecule has 7 aliphatic rings. The number of hydrogen-bond donors (Lipinski definition) is 4. The summed E-state index contributed by atoms with van der Waals surface area (Å²) in [5.74, 6) is -3.57. The zero-order valence-corrected chi connectivity index (χ0v) is 41.2. The molecule has 0 unspecified atom stereocenters. The highest BCUT2D eigenvalue weighted by Crippen LogP contribution is 2.76. The van der Waals surface area contributed by atoms with Gasteiger partial charge < -0.3 is 35.3 Å². The Morgan fingerprint density at radius 3 is 2.16 bits per heavy atom. The summed E-state index contributed by atoms with van der Waals surface area (Å²) in [5.41, 5.74) is -4.75. The lowest BCUT2D eigenvalue weighted by Gasteiger charge is -2.72. The largest absolute Gasteiger partial charge is 0.481 e. The number of halogens is 3. The Labute approximate surface area is 396 Å². The molecule has 1 aromatic heterocycles. The van der Waals surface area contributed by atoms with Gasteiger partial charge in [0.1, 0.15) is 23.9 Å². The molecule has 18 heteroatoms. The number of methoxy groups -OCH3 is 1. The molecule has 2 heterocycles. The number of esters is 1. The quantitative estimate of drug-likeness (QED) is 0.129. The van der Waals surface area contributed by atoms with Crippen LogP contribution in [0.5, 0.6) is 0 Å². The van der Waals surface area contributed by atoms with Crippen molar-refractivity contribution >= 4 is 35.6 Å². The van der Waals surface area contributed by atoms with Gasteiger partial charge >= 0.3 is 24.2 Å². The molecule has 15 nitrogen and oxygen atoms in total. The molecule has 10 atom stereocenters. The van der Waals surface area contributed by atoms with E-state index in [1.807, 2.05) is 27.7 Å². The molecule has 5 saturated carbocycles. The van der Waals surface area contributed by atoms with Gasteiger partial charge in [0.15, 0.2) is 11.5 Å². The van der Waals surface area contributed by atoms with Gasteiger partial charge in [-0.1, -0.05) is 62.3 Å². The van der Waals surface area contributed by atoms with E-state index in [1.54, 1.807) is 0 Å². The Bertz CT molecular complexity index is 2320. The molecule has 8 rings (SSSR count). The number of carboxylic acid groups (broad SMARTS) is 1. The van der Waals surface area contributed by atoms with Gasteiger partial charge in [0.05, 0.1) is 24.0 Å². The molecule has 2 amide bonds. The van der Waals surface area contributed by atoms with Crippen LogP contribution >= 0.6 is 0 Å². The van der Waals surface area contributed by atoms with Crippen molar-refractivity contribution in [1.82, 2.24) is 25.7 Å². The highest BCUT2D eigenvalue weighted by atomic mass is 19.4. The molecular weight excluding hydrogens is 888 g/mol. The van der Waals surface area contributed by atoms with Gasteiger partial charge in [-0.2, -0.15) is 23.0 Å². The molecular formula is C50H70F3N5O10. The summed E-state index contributed by atoms with van der Waals surface area (Å²) in [6.45, 7) is 18.9. The van der Waals surface area contributed by atoms with Crippen LogP contribution in [-0.2, 0) is 39.6 Å². The van der Waals surface area contributed by atoms with E-state index in [4.69, 9.17) is 14.2 Å². The van der Waals surface area contributed by atoms with E-state index < -0.39 is 69.8 Å². The molecule has 0 radical (unpaired) electrons. The number of fused-ring (bicyclic) bond motifs is 7. The van der Waals surface area contributed by atoms with Crippen LogP contribution in [0.15, 0.2) is 17.2 Å². The van der Waals surface area contributed by atoms with Crippen LogP contribution in [0.25, 0.3) is 0 Å². The molecule has 6 fully saturated rings. The van der Waals surface area contributed by atoms with Crippen molar-refractivity contribution in [1.29, 1.82) is 0 Å². The number of nitrogens with zero attached hydrogens (tertiary/aromatic N) is 2. The fourth-order valence-corrected chi connectivity index (χ4v) is 15.3. The first-order chi connectivity index (χ1) is 31.5. The summed E-state index contributed by atoms with van der Waals surface area (Å²) in [4.78, 5) is 81.5. The molecule has 4 N–H and O–H groups in total. The van der Waals surface area contributed by atoms with Crippen molar-refractivity contribution in [3.05, 3.63) is 28.6 Å². The highest BCUT2D eigenvalue weighted by molar-refractivity contribution is 6.04. The minimum Gasteiger partial charge on any atom is -0.481 e. The molecule has 1 aliphatic heterocycles. The zero-order chi connectivity index (χ0) is 49.9. The lowest BCUT2D eigenvalue weighted by molar-refractivity contribution is -0.235. The number of rotatable bonds is 11. The molecule has 0 bridgehead atoms. The van der Waals surface area contributed by atoms with Crippen molar-refractivity contribution < 1.29 is 61.3 Å². The van der Waals surface area contributed by atoms with E-state index in [0.29, 0.717) is 31.2 Å².